The van der Waals surface area contributed by atoms with Crippen LogP contribution >= 0.6 is 0 Å². The first-order chi connectivity index (χ1) is 8.72. The molecule has 1 aromatic heterocycles. The van der Waals surface area contributed by atoms with E-state index in [0.717, 1.165) is 5.82 Å². The smallest absolute Gasteiger partial charge is 0.339 e. The molecule has 98 valence electrons. The van der Waals surface area contributed by atoms with E-state index in [2.05, 4.69) is 16.9 Å². The number of rotatable bonds is 4. The van der Waals surface area contributed by atoms with Gasteiger partial charge in [0.1, 0.15) is 5.82 Å². The summed E-state index contributed by atoms with van der Waals surface area (Å²) in [4.78, 5) is 18.1. The second-order valence-corrected chi connectivity index (χ2v) is 4.67. The SMILES string of the molecule is CCOC(=O)c1ccc(N(C)C2CCCC2)nc1. The first-order valence-electron chi connectivity index (χ1n) is 6.58. The van der Waals surface area contributed by atoms with Gasteiger partial charge in [0.05, 0.1) is 12.2 Å². The van der Waals surface area contributed by atoms with Crippen molar-refractivity contribution in [1.29, 1.82) is 0 Å². The highest BCUT2D eigenvalue weighted by Crippen LogP contribution is 2.25. The van der Waals surface area contributed by atoms with Crippen LogP contribution in [0.15, 0.2) is 18.3 Å². The number of anilines is 1. The average Bonchev–Trinajstić information content (AvgIpc) is 2.92. The van der Waals surface area contributed by atoms with Gasteiger partial charge in [-0.25, -0.2) is 9.78 Å². The number of pyridine rings is 1. The van der Waals surface area contributed by atoms with Gasteiger partial charge in [-0.05, 0) is 31.9 Å². The lowest BCUT2D eigenvalue weighted by Gasteiger charge is -2.25. The standard InChI is InChI=1S/C14H20N2O2/c1-3-18-14(17)11-8-9-13(15-10-11)16(2)12-6-4-5-7-12/h8-10,12H,3-7H2,1-2H3. The second kappa shape index (κ2) is 5.85. The second-order valence-electron chi connectivity index (χ2n) is 4.67. The molecule has 0 N–H and O–H groups in total. The van der Waals surface area contributed by atoms with Crippen LogP contribution in [0.1, 0.15) is 43.0 Å². The number of ether oxygens (including phenoxy) is 1. The summed E-state index contributed by atoms with van der Waals surface area (Å²) in [5.74, 6) is 0.620. The van der Waals surface area contributed by atoms with Crippen molar-refractivity contribution in [2.75, 3.05) is 18.6 Å². The summed E-state index contributed by atoms with van der Waals surface area (Å²) < 4.78 is 4.94. The maximum Gasteiger partial charge on any atom is 0.339 e. The highest BCUT2D eigenvalue weighted by molar-refractivity contribution is 5.89. The first kappa shape index (κ1) is 12.9. The molecular weight excluding hydrogens is 228 g/mol. The Kier molecular flexibility index (Phi) is 4.18. The number of hydrogen-bond acceptors (Lipinski definition) is 4. The molecule has 1 aliphatic rings. The molecule has 0 atom stereocenters. The van der Waals surface area contributed by atoms with Gasteiger partial charge >= 0.3 is 5.97 Å². The average molecular weight is 248 g/mol. The van der Waals surface area contributed by atoms with E-state index in [0.29, 0.717) is 18.2 Å². The number of hydrogen-bond donors (Lipinski definition) is 0. The lowest BCUT2D eigenvalue weighted by molar-refractivity contribution is 0.0526. The van der Waals surface area contributed by atoms with Crippen LogP contribution in [0.2, 0.25) is 0 Å². The van der Waals surface area contributed by atoms with Gasteiger partial charge in [-0.15, -0.1) is 0 Å². The Morgan fingerprint density at radius 1 is 1.44 bits per heavy atom. The van der Waals surface area contributed by atoms with E-state index in [1.165, 1.54) is 25.7 Å². The number of carbonyl (C=O) groups excluding carboxylic acids is 1. The minimum atomic E-state index is -0.305. The molecule has 0 aliphatic heterocycles. The molecule has 0 amide bonds. The molecule has 0 saturated heterocycles. The maximum absolute atomic E-state index is 11.5. The molecule has 1 aromatic rings. The summed E-state index contributed by atoms with van der Waals surface area (Å²) in [5.41, 5.74) is 0.514. The van der Waals surface area contributed by atoms with Crippen LogP contribution in [0, 0.1) is 0 Å². The molecule has 0 aromatic carbocycles. The molecule has 1 saturated carbocycles. The Morgan fingerprint density at radius 3 is 2.72 bits per heavy atom. The van der Waals surface area contributed by atoms with Crippen LogP contribution in [-0.4, -0.2) is 30.6 Å². The normalized spacial score (nSPS) is 15.7. The predicted octanol–water partition coefficient (Wildman–Crippen LogP) is 2.64. The van der Waals surface area contributed by atoms with E-state index in [1.54, 1.807) is 19.2 Å². The Bertz CT molecular complexity index is 397. The Morgan fingerprint density at radius 2 is 2.17 bits per heavy atom. The van der Waals surface area contributed by atoms with E-state index in [1.807, 2.05) is 6.07 Å². The van der Waals surface area contributed by atoms with Crippen LogP contribution in [0.4, 0.5) is 5.82 Å². The van der Waals surface area contributed by atoms with E-state index in [9.17, 15) is 4.79 Å². The lowest BCUT2D eigenvalue weighted by atomic mass is 10.2. The van der Waals surface area contributed by atoms with Gasteiger partial charge in [-0.1, -0.05) is 12.8 Å². The van der Waals surface area contributed by atoms with Crippen LogP contribution in [0.3, 0.4) is 0 Å². The summed E-state index contributed by atoms with van der Waals surface area (Å²) >= 11 is 0. The topological polar surface area (TPSA) is 42.4 Å². The quantitative estimate of drug-likeness (QED) is 0.768. The molecule has 0 unspecified atom stereocenters. The van der Waals surface area contributed by atoms with Crippen molar-refractivity contribution in [2.45, 2.75) is 38.6 Å². The lowest BCUT2D eigenvalue weighted by Crippen LogP contribution is -2.29. The largest absolute Gasteiger partial charge is 0.462 e. The molecular formula is C14H20N2O2. The zero-order valence-electron chi connectivity index (χ0n) is 11.1. The molecule has 0 radical (unpaired) electrons. The maximum atomic E-state index is 11.5. The Hall–Kier alpha value is -1.58. The van der Waals surface area contributed by atoms with Crippen molar-refractivity contribution in [3.8, 4) is 0 Å². The first-order valence-corrected chi connectivity index (χ1v) is 6.58. The van der Waals surface area contributed by atoms with E-state index in [4.69, 9.17) is 4.74 Å². The summed E-state index contributed by atoms with van der Waals surface area (Å²) in [6, 6.07) is 4.27. The third kappa shape index (κ3) is 2.81. The van der Waals surface area contributed by atoms with Gasteiger partial charge in [0.25, 0.3) is 0 Å². The van der Waals surface area contributed by atoms with Crippen molar-refractivity contribution in [1.82, 2.24) is 4.98 Å². The molecule has 4 heteroatoms. The molecule has 18 heavy (non-hydrogen) atoms. The molecule has 1 aliphatic carbocycles. The van der Waals surface area contributed by atoms with Crippen LogP contribution < -0.4 is 4.90 Å². The molecule has 2 rings (SSSR count). The highest BCUT2D eigenvalue weighted by Gasteiger charge is 2.20. The van der Waals surface area contributed by atoms with Gasteiger partial charge in [-0.3, -0.25) is 0 Å². The van der Waals surface area contributed by atoms with E-state index < -0.39 is 0 Å². The predicted molar refractivity (Wildman–Crippen MR) is 70.9 cm³/mol. The van der Waals surface area contributed by atoms with Gasteiger partial charge in [0, 0.05) is 19.3 Å². The third-order valence-corrected chi connectivity index (χ3v) is 3.49. The van der Waals surface area contributed by atoms with E-state index >= 15 is 0 Å². The molecule has 4 nitrogen and oxygen atoms in total. The Labute approximate surface area is 108 Å². The number of esters is 1. The molecule has 1 heterocycles. The summed E-state index contributed by atoms with van der Waals surface area (Å²) in [7, 11) is 2.07. The molecule has 0 bridgehead atoms. The number of nitrogens with zero attached hydrogens (tertiary/aromatic N) is 2. The van der Waals surface area contributed by atoms with Gasteiger partial charge in [-0.2, -0.15) is 0 Å². The molecule has 0 spiro atoms. The molecule has 1 fully saturated rings. The highest BCUT2D eigenvalue weighted by atomic mass is 16.5. The number of carbonyl (C=O) groups is 1. The third-order valence-electron chi connectivity index (χ3n) is 3.49. The number of aromatic nitrogens is 1. The van der Waals surface area contributed by atoms with Crippen LogP contribution in [-0.2, 0) is 4.74 Å². The van der Waals surface area contributed by atoms with E-state index in [-0.39, 0.29) is 5.97 Å². The zero-order valence-corrected chi connectivity index (χ0v) is 11.1. The van der Waals surface area contributed by atoms with Gasteiger partial charge in [0.15, 0.2) is 0 Å². The minimum absolute atomic E-state index is 0.305. The van der Waals surface area contributed by atoms with Crippen molar-refractivity contribution in [3.63, 3.8) is 0 Å². The minimum Gasteiger partial charge on any atom is -0.462 e. The van der Waals surface area contributed by atoms with Gasteiger partial charge in [0.2, 0.25) is 0 Å². The fourth-order valence-electron chi connectivity index (χ4n) is 2.41. The zero-order chi connectivity index (χ0) is 13.0. The van der Waals surface area contributed by atoms with Crippen LogP contribution in [0.5, 0.6) is 0 Å². The van der Waals surface area contributed by atoms with Gasteiger partial charge < -0.3 is 9.64 Å². The Balaban J connectivity index is 2.04. The van der Waals surface area contributed by atoms with Crippen molar-refractivity contribution >= 4 is 11.8 Å². The summed E-state index contributed by atoms with van der Waals surface area (Å²) in [6.45, 7) is 2.19. The van der Waals surface area contributed by atoms with Crippen LogP contribution in [0.25, 0.3) is 0 Å². The van der Waals surface area contributed by atoms with Crippen molar-refractivity contribution < 1.29 is 9.53 Å². The van der Waals surface area contributed by atoms with Crippen molar-refractivity contribution in [2.24, 2.45) is 0 Å². The monoisotopic (exact) mass is 248 g/mol. The van der Waals surface area contributed by atoms with Crippen molar-refractivity contribution in [3.05, 3.63) is 23.9 Å². The fourth-order valence-corrected chi connectivity index (χ4v) is 2.41. The fraction of sp³-hybridized carbons (Fsp3) is 0.571. The summed E-state index contributed by atoms with van der Waals surface area (Å²) in [6.07, 6.45) is 6.67. The summed E-state index contributed by atoms with van der Waals surface area (Å²) in [5, 5.41) is 0.